The summed E-state index contributed by atoms with van der Waals surface area (Å²) in [6.45, 7) is 6.01. The van der Waals surface area contributed by atoms with Crippen LogP contribution >= 0.6 is 0 Å². The third kappa shape index (κ3) is 4.69. The smallest absolute Gasteiger partial charge is 0.286 e. The summed E-state index contributed by atoms with van der Waals surface area (Å²) in [5.74, 6) is -1.44. The molecule has 1 saturated carbocycles. The van der Waals surface area contributed by atoms with Crippen molar-refractivity contribution in [2.24, 2.45) is 10.3 Å². The van der Waals surface area contributed by atoms with Crippen molar-refractivity contribution in [3.8, 4) is 0 Å². The second-order valence-corrected chi connectivity index (χ2v) is 10.4. The van der Waals surface area contributed by atoms with Gasteiger partial charge in [0.1, 0.15) is 22.0 Å². The van der Waals surface area contributed by atoms with Gasteiger partial charge in [-0.25, -0.2) is 4.39 Å². The number of amidine groups is 1. The number of hydrogen-bond acceptors (Lipinski definition) is 5. The molecule has 1 amide bonds. The first-order chi connectivity index (χ1) is 16.7. The molecule has 2 aromatic carbocycles. The maximum atomic E-state index is 13.7. The number of hydrogen-bond donors (Lipinski definition) is 2. The number of benzene rings is 2. The van der Waals surface area contributed by atoms with Crippen molar-refractivity contribution in [2.75, 3.05) is 5.32 Å². The number of nitrogens with zero attached hydrogens (tertiary/aromatic N) is 2. The summed E-state index contributed by atoms with van der Waals surface area (Å²) in [6.07, 6.45) is 3.24. The molecule has 1 aliphatic carbocycles. The molecule has 0 saturated heterocycles. The Hall–Kier alpha value is -3.20. The lowest BCUT2D eigenvalue weighted by Gasteiger charge is -2.44. The van der Waals surface area contributed by atoms with Gasteiger partial charge in [-0.2, -0.15) is 8.42 Å². The minimum absolute atomic E-state index is 0.0355. The van der Waals surface area contributed by atoms with Crippen LogP contribution in [-0.2, 0) is 21.4 Å². The molecule has 2 atom stereocenters. The Morgan fingerprint density at radius 2 is 1.80 bits per heavy atom. The van der Waals surface area contributed by atoms with Gasteiger partial charge in [0.05, 0.1) is 5.69 Å². The van der Waals surface area contributed by atoms with Crippen molar-refractivity contribution in [1.29, 1.82) is 0 Å². The number of nitrogens with one attached hydrogen (secondary N) is 1. The predicted octanol–water partition coefficient (Wildman–Crippen LogP) is 5.09. The van der Waals surface area contributed by atoms with Gasteiger partial charge in [0.25, 0.3) is 15.9 Å². The van der Waals surface area contributed by atoms with Gasteiger partial charge in [0, 0.05) is 18.5 Å². The van der Waals surface area contributed by atoms with E-state index in [4.69, 9.17) is 0 Å². The molecule has 7 nitrogen and oxygen atoms in total. The Kier molecular flexibility index (Phi) is 6.98. The molecule has 35 heavy (non-hydrogen) atoms. The number of carbonyl (C=O) groups is 1. The first-order valence-electron chi connectivity index (χ1n) is 12.0. The number of fused-ring (bicyclic) bond motifs is 2. The van der Waals surface area contributed by atoms with Crippen LogP contribution in [0.15, 0.2) is 63.1 Å². The molecule has 9 heteroatoms. The molecule has 2 N–H and O–H groups in total. The molecule has 3 aliphatic rings. The van der Waals surface area contributed by atoms with Crippen molar-refractivity contribution in [1.82, 2.24) is 4.90 Å². The number of aliphatic hydroxyl groups is 1. The van der Waals surface area contributed by atoms with Gasteiger partial charge in [-0.15, -0.1) is 4.40 Å². The molecule has 5 rings (SSSR count). The molecule has 0 aromatic heterocycles. The van der Waals surface area contributed by atoms with E-state index < -0.39 is 15.9 Å². The average molecular weight is 500 g/mol. The SMILES string of the molecule is CC.Cc1ccc2c(c1)S(=O)(=O)N=C(C1=C(O)C3CCCCC3N(Cc3ccc(F)cc3)C1=O)N2. The largest absolute Gasteiger partial charge is 0.511 e. The van der Waals surface area contributed by atoms with E-state index in [1.165, 1.54) is 18.2 Å². The molecule has 2 heterocycles. The second kappa shape index (κ2) is 9.81. The van der Waals surface area contributed by atoms with E-state index >= 15 is 0 Å². The molecular formula is C26H30FN3O4S. The molecule has 0 bridgehead atoms. The van der Waals surface area contributed by atoms with Crippen molar-refractivity contribution >= 4 is 27.5 Å². The molecular weight excluding hydrogens is 469 g/mol. The number of aryl methyl sites for hydroxylation is 1. The third-order valence-corrected chi connectivity index (χ3v) is 7.91. The first-order valence-corrected chi connectivity index (χ1v) is 13.4. The topological polar surface area (TPSA) is 99.1 Å². The van der Waals surface area contributed by atoms with E-state index in [-0.39, 0.29) is 46.4 Å². The molecule has 1 fully saturated rings. The van der Waals surface area contributed by atoms with Gasteiger partial charge in [-0.3, -0.25) is 4.79 Å². The van der Waals surface area contributed by atoms with Gasteiger partial charge in [0.15, 0.2) is 5.84 Å². The third-order valence-electron chi connectivity index (χ3n) is 6.59. The molecule has 0 spiro atoms. The first kappa shape index (κ1) is 24.9. The van der Waals surface area contributed by atoms with Crippen LogP contribution in [0, 0.1) is 18.7 Å². The normalized spacial score (nSPS) is 22.8. The summed E-state index contributed by atoms with van der Waals surface area (Å²) in [5, 5.41) is 14.1. The Labute approximate surface area is 205 Å². The maximum Gasteiger partial charge on any atom is 0.286 e. The minimum Gasteiger partial charge on any atom is -0.511 e. The summed E-state index contributed by atoms with van der Waals surface area (Å²) in [7, 11) is -4.05. The van der Waals surface area contributed by atoms with E-state index in [0.717, 1.165) is 30.4 Å². The van der Waals surface area contributed by atoms with Crippen LogP contribution in [0.4, 0.5) is 10.1 Å². The summed E-state index contributed by atoms with van der Waals surface area (Å²) in [4.78, 5) is 15.4. The van der Waals surface area contributed by atoms with E-state index in [9.17, 15) is 22.7 Å². The Balaban J connectivity index is 0.00000141. The Morgan fingerprint density at radius 1 is 1.11 bits per heavy atom. The summed E-state index contributed by atoms with van der Waals surface area (Å²) in [6, 6.07) is 10.6. The Morgan fingerprint density at radius 3 is 2.51 bits per heavy atom. The highest BCUT2D eigenvalue weighted by atomic mass is 32.2. The van der Waals surface area contributed by atoms with Gasteiger partial charge >= 0.3 is 0 Å². The quantitative estimate of drug-likeness (QED) is 0.613. The molecule has 2 unspecified atom stereocenters. The van der Waals surface area contributed by atoms with Crippen molar-refractivity contribution in [3.05, 3.63) is 70.7 Å². The average Bonchev–Trinajstić information content (AvgIpc) is 2.84. The van der Waals surface area contributed by atoms with Crippen LogP contribution in [0.1, 0.15) is 50.7 Å². The lowest BCUT2D eigenvalue weighted by atomic mass is 9.78. The van der Waals surface area contributed by atoms with Gasteiger partial charge < -0.3 is 15.3 Å². The van der Waals surface area contributed by atoms with Gasteiger partial charge in [-0.05, 0) is 55.2 Å². The van der Waals surface area contributed by atoms with Crippen LogP contribution in [0.25, 0.3) is 0 Å². The summed E-state index contributed by atoms with van der Waals surface area (Å²) >= 11 is 0. The van der Waals surface area contributed by atoms with Crippen LogP contribution < -0.4 is 5.32 Å². The number of carbonyl (C=O) groups excluding carboxylic acids is 1. The van der Waals surface area contributed by atoms with Crippen molar-refractivity contribution in [2.45, 2.75) is 63.9 Å². The van der Waals surface area contributed by atoms with Gasteiger partial charge in [-0.1, -0.05) is 44.9 Å². The highest BCUT2D eigenvalue weighted by Gasteiger charge is 2.45. The fourth-order valence-electron chi connectivity index (χ4n) is 4.96. The number of aliphatic hydroxyl groups excluding tert-OH is 1. The maximum absolute atomic E-state index is 13.7. The predicted molar refractivity (Wildman–Crippen MR) is 133 cm³/mol. The Bertz CT molecular complexity index is 1300. The zero-order chi connectivity index (χ0) is 25.3. The number of anilines is 1. The summed E-state index contributed by atoms with van der Waals surface area (Å²) < 4.78 is 43.0. The number of halogens is 1. The highest BCUT2D eigenvalue weighted by molar-refractivity contribution is 7.90. The fourth-order valence-corrected chi connectivity index (χ4v) is 6.17. The minimum atomic E-state index is -4.05. The lowest BCUT2D eigenvalue weighted by molar-refractivity contribution is -0.133. The van der Waals surface area contributed by atoms with Crippen LogP contribution in [0.3, 0.4) is 0 Å². The van der Waals surface area contributed by atoms with Crippen molar-refractivity contribution in [3.63, 3.8) is 0 Å². The van der Waals surface area contributed by atoms with Gasteiger partial charge in [0.2, 0.25) is 0 Å². The zero-order valence-electron chi connectivity index (χ0n) is 20.1. The number of rotatable bonds is 3. The van der Waals surface area contributed by atoms with Crippen LogP contribution in [0.5, 0.6) is 0 Å². The fraction of sp³-hybridized carbons (Fsp3) is 0.385. The van der Waals surface area contributed by atoms with E-state index in [2.05, 4.69) is 9.71 Å². The molecule has 186 valence electrons. The van der Waals surface area contributed by atoms with Crippen LogP contribution in [-0.4, -0.2) is 36.2 Å². The molecule has 2 aliphatic heterocycles. The molecule has 2 aromatic rings. The van der Waals surface area contributed by atoms with E-state index in [1.54, 1.807) is 36.1 Å². The monoisotopic (exact) mass is 499 g/mol. The van der Waals surface area contributed by atoms with E-state index in [0.29, 0.717) is 12.1 Å². The summed E-state index contributed by atoms with van der Waals surface area (Å²) in [5.41, 5.74) is 1.72. The lowest BCUT2D eigenvalue weighted by Crippen LogP contribution is -2.52. The highest BCUT2D eigenvalue weighted by Crippen LogP contribution is 2.40. The second-order valence-electron chi connectivity index (χ2n) is 8.82. The zero-order valence-corrected chi connectivity index (χ0v) is 20.9. The standard InChI is InChI=1S/C24H24FN3O4S.C2H6/c1-14-6-11-18-20(12-14)33(31,32)27-23(26-18)21-22(29)17-4-2-3-5-19(17)28(24(21)30)13-15-7-9-16(25)10-8-15;1-2/h6-12,17,19,29H,2-5,13H2,1H3,(H,26,27);1-2H3. The molecule has 0 radical (unpaired) electrons. The number of amides is 1. The van der Waals surface area contributed by atoms with Crippen molar-refractivity contribution < 1.29 is 22.7 Å². The number of sulfonamides is 1. The van der Waals surface area contributed by atoms with Crippen LogP contribution in [0.2, 0.25) is 0 Å². The van der Waals surface area contributed by atoms with E-state index in [1.807, 2.05) is 13.8 Å².